The highest BCUT2D eigenvalue weighted by Crippen LogP contribution is 2.37. The fourth-order valence-electron chi connectivity index (χ4n) is 2.63. The van der Waals surface area contributed by atoms with Gasteiger partial charge in [-0.05, 0) is 32.9 Å². The van der Waals surface area contributed by atoms with Crippen LogP contribution in [0.1, 0.15) is 19.4 Å². The first-order valence-electron chi connectivity index (χ1n) is 7.33. The molecule has 2 heterocycles. The summed E-state index contributed by atoms with van der Waals surface area (Å²) < 4.78 is 45.8. The van der Waals surface area contributed by atoms with Crippen LogP contribution in [0.5, 0.6) is 0 Å². The number of hydrogen-bond donors (Lipinski definition) is 1. The molecule has 1 N–H and O–H groups in total. The van der Waals surface area contributed by atoms with Crippen molar-refractivity contribution < 1.29 is 31.9 Å². The molecule has 0 unspecified atom stereocenters. The van der Waals surface area contributed by atoms with Crippen molar-refractivity contribution in [1.29, 1.82) is 0 Å². The van der Waals surface area contributed by atoms with Crippen LogP contribution in [0.2, 0.25) is 0 Å². The first-order valence-corrected chi connectivity index (χ1v) is 8.74. The van der Waals surface area contributed by atoms with Crippen LogP contribution in [0, 0.1) is 6.92 Å². The average molecular weight is 344 g/mol. The summed E-state index contributed by atoms with van der Waals surface area (Å²) in [5.74, 6) is -0.837. The van der Waals surface area contributed by atoms with Gasteiger partial charge in [0, 0.05) is 0 Å². The highest BCUT2D eigenvalue weighted by molar-refractivity contribution is 7.86. The van der Waals surface area contributed by atoms with E-state index in [0.717, 1.165) is 5.56 Å². The lowest BCUT2D eigenvalue weighted by atomic mass is 10.1. The van der Waals surface area contributed by atoms with Gasteiger partial charge in [0.05, 0.1) is 11.5 Å². The Balaban J connectivity index is 1.62. The molecule has 0 bridgehead atoms. The zero-order valence-electron chi connectivity index (χ0n) is 13.1. The SMILES string of the molecule is Cc1ccc(S(=O)(=O)OC[C@@H]2O[C@@H]3OC(C)(C)O[C@@H]3[C@H]2O)cc1. The predicted molar refractivity (Wildman–Crippen MR) is 79.0 cm³/mol. The normalized spacial score (nSPS) is 32.9. The molecule has 4 atom stereocenters. The molecule has 7 nitrogen and oxygen atoms in total. The molecule has 0 saturated carbocycles. The van der Waals surface area contributed by atoms with Crippen LogP contribution in [0.25, 0.3) is 0 Å². The van der Waals surface area contributed by atoms with Crippen LogP contribution in [0.15, 0.2) is 29.2 Å². The summed E-state index contributed by atoms with van der Waals surface area (Å²) in [6.07, 6.45) is -3.23. The maximum atomic E-state index is 12.1. The van der Waals surface area contributed by atoms with E-state index in [9.17, 15) is 13.5 Å². The summed E-state index contributed by atoms with van der Waals surface area (Å²) in [6.45, 7) is 4.99. The second kappa shape index (κ2) is 5.80. The van der Waals surface area contributed by atoms with E-state index < -0.39 is 40.5 Å². The largest absolute Gasteiger partial charge is 0.387 e. The maximum Gasteiger partial charge on any atom is 0.297 e. The lowest BCUT2D eigenvalue weighted by molar-refractivity contribution is -0.217. The van der Waals surface area contributed by atoms with Crippen LogP contribution in [-0.4, -0.2) is 50.5 Å². The number of benzene rings is 1. The van der Waals surface area contributed by atoms with E-state index in [-0.39, 0.29) is 11.5 Å². The highest BCUT2D eigenvalue weighted by Gasteiger charge is 2.54. The molecule has 3 rings (SSSR count). The Hall–Kier alpha value is -1.03. The molecular weight excluding hydrogens is 324 g/mol. The zero-order valence-corrected chi connectivity index (χ0v) is 13.9. The number of fused-ring (bicyclic) bond motifs is 1. The van der Waals surface area contributed by atoms with Gasteiger partial charge in [0.15, 0.2) is 12.1 Å². The lowest BCUT2D eigenvalue weighted by Crippen LogP contribution is -2.37. The number of hydrogen-bond acceptors (Lipinski definition) is 7. The third-order valence-electron chi connectivity index (χ3n) is 3.81. The summed E-state index contributed by atoms with van der Waals surface area (Å²) in [6, 6.07) is 6.32. The Bertz CT molecular complexity index is 668. The monoisotopic (exact) mass is 344 g/mol. The van der Waals surface area contributed by atoms with E-state index in [1.165, 1.54) is 12.1 Å². The van der Waals surface area contributed by atoms with Gasteiger partial charge in [0.25, 0.3) is 10.1 Å². The van der Waals surface area contributed by atoms with Gasteiger partial charge in [-0.1, -0.05) is 17.7 Å². The number of ether oxygens (including phenoxy) is 3. The molecule has 0 radical (unpaired) electrons. The van der Waals surface area contributed by atoms with Gasteiger partial charge in [-0.25, -0.2) is 0 Å². The molecule has 0 aliphatic carbocycles. The van der Waals surface area contributed by atoms with Crippen molar-refractivity contribution in [2.24, 2.45) is 0 Å². The number of aliphatic hydroxyl groups excluding tert-OH is 1. The molecule has 2 saturated heterocycles. The number of aryl methyl sites for hydroxylation is 1. The Labute approximate surface area is 135 Å². The standard InChI is InChI=1S/C15H20O7S/c1-9-4-6-10(7-5-9)23(17,18)19-8-11-12(16)13-14(20-11)22-15(2,3)21-13/h4-7,11-14,16H,8H2,1-3H3/t11-,12-,13+,14+/m0/s1. The topological polar surface area (TPSA) is 91.3 Å². The van der Waals surface area contributed by atoms with Gasteiger partial charge >= 0.3 is 0 Å². The zero-order chi connectivity index (χ0) is 16.8. The van der Waals surface area contributed by atoms with Gasteiger partial charge in [-0.15, -0.1) is 0 Å². The van der Waals surface area contributed by atoms with Crippen molar-refractivity contribution in [3.63, 3.8) is 0 Å². The van der Waals surface area contributed by atoms with E-state index >= 15 is 0 Å². The van der Waals surface area contributed by atoms with Gasteiger partial charge in [0.1, 0.15) is 18.3 Å². The van der Waals surface area contributed by atoms with Crippen molar-refractivity contribution in [3.8, 4) is 0 Å². The predicted octanol–water partition coefficient (Wildman–Crippen LogP) is 0.938. The minimum absolute atomic E-state index is 0.0596. The van der Waals surface area contributed by atoms with Gasteiger partial charge < -0.3 is 19.3 Å². The van der Waals surface area contributed by atoms with Crippen molar-refractivity contribution in [2.45, 2.75) is 56.1 Å². The summed E-state index contributed by atoms with van der Waals surface area (Å²) in [7, 11) is -3.91. The van der Waals surface area contributed by atoms with Gasteiger partial charge in [0.2, 0.25) is 0 Å². The minimum atomic E-state index is -3.91. The summed E-state index contributed by atoms with van der Waals surface area (Å²) in [4.78, 5) is 0.0596. The van der Waals surface area contributed by atoms with Gasteiger partial charge in [-0.2, -0.15) is 8.42 Å². The molecule has 2 aliphatic heterocycles. The second-order valence-electron chi connectivity index (χ2n) is 6.19. The molecular formula is C15H20O7S. The molecule has 23 heavy (non-hydrogen) atoms. The van der Waals surface area contributed by atoms with E-state index in [0.29, 0.717) is 0 Å². The second-order valence-corrected chi connectivity index (χ2v) is 7.80. The van der Waals surface area contributed by atoms with E-state index in [1.807, 2.05) is 6.92 Å². The maximum absolute atomic E-state index is 12.1. The van der Waals surface area contributed by atoms with Crippen molar-refractivity contribution >= 4 is 10.1 Å². The third kappa shape index (κ3) is 3.42. The Morgan fingerprint density at radius 2 is 1.87 bits per heavy atom. The molecule has 8 heteroatoms. The van der Waals surface area contributed by atoms with Gasteiger partial charge in [-0.3, -0.25) is 4.18 Å². The molecule has 128 valence electrons. The fourth-order valence-corrected chi connectivity index (χ4v) is 3.54. The molecule has 0 spiro atoms. The van der Waals surface area contributed by atoms with Crippen molar-refractivity contribution in [2.75, 3.05) is 6.61 Å². The van der Waals surface area contributed by atoms with E-state index in [4.69, 9.17) is 18.4 Å². The van der Waals surface area contributed by atoms with Crippen LogP contribution < -0.4 is 0 Å². The van der Waals surface area contributed by atoms with E-state index in [2.05, 4.69) is 0 Å². The molecule has 0 amide bonds. The highest BCUT2D eigenvalue weighted by atomic mass is 32.2. The Morgan fingerprint density at radius 3 is 2.48 bits per heavy atom. The van der Waals surface area contributed by atoms with Crippen molar-refractivity contribution in [3.05, 3.63) is 29.8 Å². The molecule has 0 aromatic heterocycles. The first kappa shape index (κ1) is 16.8. The minimum Gasteiger partial charge on any atom is -0.387 e. The average Bonchev–Trinajstić information content (AvgIpc) is 2.91. The summed E-state index contributed by atoms with van der Waals surface area (Å²) >= 11 is 0. The molecule has 1 aromatic rings. The van der Waals surface area contributed by atoms with Crippen LogP contribution in [-0.2, 0) is 28.5 Å². The molecule has 2 aliphatic rings. The number of aliphatic hydroxyl groups is 1. The summed E-state index contributed by atoms with van der Waals surface area (Å²) in [5, 5.41) is 10.2. The van der Waals surface area contributed by atoms with Crippen molar-refractivity contribution in [1.82, 2.24) is 0 Å². The van der Waals surface area contributed by atoms with Crippen LogP contribution >= 0.6 is 0 Å². The smallest absolute Gasteiger partial charge is 0.297 e. The summed E-state index contributed by atoms with van der Waals surface area (Å²) in [5.41, 5.74) is 0.947. The quantitative estimate of drug-likeness (QED) is 0.813. The van der Waals surface area contributed by atoms with E-state index in [1.54, 1.807) is 26.0 Å². The number of rotatable bonds is 4. The third-order valence-corrected chi connectivity index (χ3v) is 5.11. The van der Waals surface area contributed by atoms with Crippen LogP contribution in [0.4, 0.5) is 0 Å². The Kier molecular flexibility index (Phi) is 4.24. The molecule has 2 fully saturated rings. The fraction of sp³-hybridized carbons (Fsp3) is 0.600. The lowest BCUT2D eigenvalue weighted by Gasteiger charge is -2.22. The first-order chi connectivity index (χ1) is 10.7. The molecule has 1 aromatic carbocycles. The Morgan fingerprint density at radius 1 is 1.22 bits per heavy atom. The van der Waals surface area contributed by atoms with Crippen LogP contribution in [0.3, 0.4) is 0 Å².